The maximum atomic E-state index is 4.49. The van der Waals surface area contributed by atoms with Crippen molar-refractivity contribution < 1.29 is 0 Å². The minimum atomic E-state index is 0.204. The summed E-state index contributed by atoms with van der Waals surface area (Å²) in [4.78, 5) is 4.49. The standard InChI is InChI=1S/C13H14N4S/c1-8(13-7-18-9(2)16-13)15-11-4-3-10-6-14-17-12(10)5-11/h3-8,15H,1-2H3,(H,14,17). The molecule has 92 valence electrons. The van der Waals surface area contributed by atoms with Crippen LogP contribution in [0, 0.1) is 6.92 Å². The average molecular weight is 258 g/mol. The summed E-state index contributed by atoms with van der Waals surface area (Å²) in [5, 5.41) is 14.8. The van der Waals surface area contributed by atoms with E-state index >= 15 is 0 Å². The molecular weight excluding hydrogens is 244 g/mol. The van der Waals surface area contributed by atoms with Crippen LogP contribution in [0.15, 0.2) is 29.8 Å². The first kappa shape index (κ1) is 11.2. The van der Waals surface area contributed by atoms with E-state index < -0.39 is 0 Å². The molecule has 2 heterocycles. The van der Waals surface area contributed by atoms with Crippen molar-refractivity contribution in [2.24, 2.45) is 0 Å². The van der Waals surface area contributed by atoms with E-state index in [1.54, 1.807) is 11.3 Å². The van der Waals surface area contributed by atoms with Gasteiger partial charge in [-0.3, -0.25) is 5.10 Å². The highest BCUT2D eigenvalue weighted by Crippen LogP contribution is 2.23. The van der Waals surface area contributed by atoms with Crippen molar-refractivity contribution in [3.05, 3.63) is 40.5 Å². The Morgan fingerprint density at radius 3 is 3.06 bits per heavy atom. The maximum absolute atomic E-state index is 4.49. The van der Waals surface area contributed by atoms with E-state index in [4.69, 9.17) is 0 Å². The third kappa shape index (κ3) is 2.09. The topological polar surface area (TPSA) is 53.6 Å². The van der Waals surface area contributed by atoms with Gasteiger partial charge in [-0.1, -0.05) is 0 Å². The number of anilines is 1. The van der Waals surface area contributed by atoms with Crippen molar-refractivity contribution in [1.29, 1.82) is 0 Å². The summed E-state index contributed by atoms with van der Waals surface area (Å²) in [6.45, 7) is 4.14. The normalized spacial score (nSPS) is 12.8. The summed E-state index contributed by atoms with van der Waals surface area (Å²) in [6.07, 6.45) is 1.83. The maximum Gasteiger partial charge on any atom is 0.0898 e. The molecule has 0 saturated heterocycles. The summed E-state index contributed by atoms with van der Waals surface area (Å²) in [5.74, 6) is 0. The quantitative estimate of drug-likeness (QED) is 0.756. The van der Waals surface area contributed by atoms with Crippen molar-refractivity contribution in [2.75, 3.05) is 5.32 Å². The van der Waals surface area contributed by atoms with Crippen LogP contribution in [-0.4, -0.2) is 15.2 Å². The van der Waals surface area contributed by atoms with Gasteiger partial charge in [-0.15, -0.1) is 11.3 Å². The fourth-order valence-electron chi connectivity index (χ4n) is 1.93. The first-order chi connectivity index (χ1) is 8.72. The Balaban J connectivity index is 1.83. The fourth-order valence-corrected chi connectivity index (χ4v) is 2.64. The number of fused-ring (bicyclic) bond motifs is 1. The van der Waals surface area contributed by atoms with Crippen molar-refractivity contribution in [2.45, 2.75) is 19.9 Å². The van der Waals surface area contributed by atoms with E-state index in [2.05, 4.69) is 51.0 Å². The van der Waals surface area contributed by atoms with Crippen molar-refractivity contribution in [1.82, 2.24) is 15.2 Å². The monoisotopic (exact) mass is 258 g/mol. The first-order valence-corrected chi connectivity index (χ1v) is 6.72. The highest BCUT2D eigenvalue weighted by atomic mass is 32.1. The molecule has 2 N–H and O–H groups in total. The number of rotatable bonds is 3. The molecule has 18 heavy (non-hydrogen) atoms. The number of aromatic nitrogens is 3. The number of hydrogen-bond donors (Lipinski definition) is 2. The number of aryl methyl sites for hydroxylation is 1. The Kier molecular flexibility index (Phi) is 2.76. The number of H-pyrrole nitrogens is 1. The van der Waals surface area contributed by atoms with Gasteiger partial charge in [-0.2, -0.15) is 5.10 Å². The van der Waals surface area contributed by atoms with Gasteiger partial charge in [-0.05, 0) is 32.0 Å². The van der Waals surface area contributed by atoms with Crippen LogP contribution in [0.4, 0.5) is 5.69 Å². The second-order valence-corrected chi connectivity index (χ2v) is 5.39. The molecule has 0 spiro atoms. The summed E-state index contributed by atoms with van der Waals surface area (Å²) in [7, 11) is 0. The first-order valence-electron chi connectivity index (χ1n) is 5.84. The van der Waals surface area contributed by atoms with Crippen molar-refractivity contribution in [3.63, 3.8) is 0 Å². The molecule has 0 radical (unpaired) electrons. The Morgan fingerprint density at radius 1 is 1.39 bits per heavy atom. The van der Waals surface area contributed by atoms with Gasteiger partial charge in [0, 0.05) is 16.5 Å². The molecule has 1 aromatic carbocycles. The van der Waals surface area contributed by atoms with Crippen LogP contribution in [0.25, 0.3) is 10.9 Å². The van der Waals surface area contributed by atoms with E-state index in [0.29, 0.717) is 0 Å². The average Bonchev–Trinajstić information content (AvgIpc) is 2.96. The molecule has 1 atom stereocenters. The molecule has 2 aromatic heterocycles. The number of hydrogen-bond acceptors (Lipinski definition) is 4. The molecule has 0 bridgehead atoms. The minimum Gasteiger partial charge on any atom is -0.377 e. The van der Waals surface area contributed by atoms with E-state index in [1.807, 2.05) is 13.1 Å². The largest absolute Gasteiger partial charge is 0.377 e. The number of aromatic amines is 1. The summed E-state index contributed by atoms with van der Waals surface area (Å²) >= 11 is 1.68. The predicted molar refractivity (Wildman–Crippen MR) is 75.0 cm³/mol. The molecule has 0 saturated carbocycles. The zero-order chi connectivity index (χ0) is 12.5. The molecule has 3 aromatic rings. The Bertz CT molecular complexity index is 670. The van der Waals surface area contributed by atoms with E-state index in [9.17, 15) is 0 Å². The van der Waals surface area contributed by atoms with Gasteiger partial charge in [0.1, 0.15) is 0 Å². The molecule has 0 aliphatic rings. The van der Waals surface area contributed by atoms with Gasteiger partial charge >= 0.3 is 0 Å². The number of nitrogens with one attached hydrogen (secondary N) is 2. The van der Waals surface area contributed by atoms with Gasteiger partial charge in [0.2, 0.25) is 0 Å². The van der Waals surface area contributed by atoms with Gasteiger partial charge in [0.05, 0.1) is 28.5 Å². The minimum absolute atomic E-state index is 0.204. The number of benzene rings is 1. The lowest BCUT2D eigenvalue weighted by Crippen LogP contribution is -2.06. The lowest BCUT2D eigenvalue weighted by molar-refractivity contribution is 0.846. The van der Waals surface area contributed by atoms with Gasteiger partial charge in [0.25, 0.3) is 0 Å². The summed E-state index contributed by atoms with van der Waals surface area (Å²) in [5.41, 5.74) is 3.20. The Labute approximate surface area is 109 Å². The molecule has 3 rings (SSSR count). The van der Waals surface area contributed by atoms with Crippen LogP contribution in [0.3, 0.4) is 0 Å². The fraction of sp³-hybridized carbons (Fsp3) is 0.231. The Hall–Kier alpha value is -1.88. The van der Waals surface area contributed by atoms with Crippen LogP contribution in [0.1, 0.15) is 23.7 Å². The van der Waals surface area contributed by atoms with Crippen molar-refractivity contribution in [3.8, 4) is 0 Å². The van der Waals surface area contributed by atoms with Crippen LogP contribution in [0.2, 0.25) is 0 Å². The molecule has 0 aliphatic heterocycles. The van der Waals surface area contributed by atoms with Crippen LogP contribution < -0.4 is 5.32 Å². The zero-order valence-corrected chi connectivity index (χ0v) is 11.1. The molecule has 0 fully saturated rings. The van der Waals surface area contributed by atoms with Crippen LogP contribution in [-0.2, 0) is 0 Å². The van der Waals surface area contributed by atoms with Crippen LogP contribution >= 0.6 is 11.3 Å². The number of thiazole rings is 1. The molecule has 1 unspecified atom stereocenters. The van der Waals surface area contributed by atoms with Crippen molar-refractivity contribution >= 4 is 27.9 Å². The lowest BCUT2D eigenvalue weighted by atomic mass is 10.2. The van der Waals surface area contributed by atoms with Crippen LogP contribution in [0.5, 0.6) is 0 Å². The molecular formula is C13H14N4S. The molecule has 4 nitrogen and oxygen atoms in total. The second kappa shape index (κ2) is 4.42. The van der Waals surface area contributed by atoms with E-state index in [0.717, 1.165) is 27.3 Å². The number of nitrogens with zero attached hydrogens (tertiary/aromatic N) is 2. The highest BCUT2D eigenvalue weighted by molar-refractivity contribution is 7.09. The molecule has 5 heteroatoms. The van der Waals surface area contributed by atoms with Gasteiger partial charge < -0.3 is 5.32 Å². The highest BCUT2D eigenvalue weighted by Gasteiger charge is 2.09. The third-order valence-electron chi connectivity index (χ3n) is 2.91. The Morgan fingerprint density at radius 2 is 2.28 bits per heavy atom. The molecule has 0 aliphatic carbocycles. The summed E-state index contributed by atoms with van der Waals surface area (Å²) < 4.78 is 0. The second-order valence-electron chi connectivity index (χ2n) is 4.33. The predicted octanol–water partition coefficient (Wildman–Crippen LogP) is 3.50. The van der Waals surface area contributed by atoms with Gasteiger partial charge in [-0.25, -0.2) is 4.98 Å². The molecule has 0 amide bonds. The van der Waals surface area contributed by atoms with E-state index in [-0.39, 0.29) is 6.04 Å². The third-order valence-corrected chi connectivity index (χ3v) is 3.70. The van der Waals surface area contributed by atoms with E-state index in [1.165, 1.54) is 0 Å². The SMILES string of the molecule is Cc1nc(C(C)Nc2ccc3cn[nH]c3c2)cs1. The lowest BCUT2D eigenvalue weighted by Gasteiger charge is -2.13. The smallest absolute Gasteiger partial charge is 0.0898 e. The zero-order valence-electron chi connectivity index (χ0n) is 10.3. The van der Waals surface area contributed by atoms with Gasteiger partial charge in [0.15, 0.2) is 0 Å². The summed E-state index contributed by atoms with van der Waals surface area (Å²) in [6, 6.07) is 6.39.